The van der Waals surface area contributed by atoms with Crippen molar-refractivity contribution in [2.24, 2.45) is 0 Å². The fourth-order valence-corrected chi connectivity index (χ4v) is 2.53. The third-order valence-corrected chi connectivity index (χ3v) is 3.57. The van der Waals surface area contributed by atoms with Gasteiger partial charge >= 0.3 is 0 Å². The number of imidazole rings is 2. The predicted molar refractivity (Wildman–Crippen MR) is 80.5 cm³/mol. The van der Waals surface area contributed by atoms with Gasteiger partial charge in [-0.15, -0.1) is 0 Å². The van der Waals surface area contributed by atoms with Gasteiger partial charge in [-0.3, -0.25) is 0 Å². The molecule has 0 aliphatic rings. The lowest BCUT2D eigenvalue weighted by Gasteiger charge is -2.08. The minimum atomic E-state index is -1.26. The van der Waals surface area contributed by atoms with E-state index in [1.54, 1.807) is 29.1 Å². The van der Waals surface area contributed by atoms with E-state index in [-0.39, 0.29) is 17.9 Å². The van der Waals surface area contributed by atoms with Crippen LogP contribution < -0.4 is 0 Å². The number of benzene rings is 1. The lowest BCUT2D eigenvalue weighted by atomic mass is 10.2. The number of fused-ring (bicyclic) bond motifs is 1. The molecule has 0 aliphatic carbocycles. The summed E-state index contributed by atoms with van der Waals surface area (Å²) in [6.07, 6.45) is 4.65. The number of halogens is 3. The summed E-state index contributed by atoms with van der Waals surface area (Å²) in [6.45, 7) is 0.225. The highest BCUT2D eigenvalue weighted by Gasteiger charge is 2.17. The largest absolute Gasteiger partial charge is 0.325 e. The van der Waals surface area contributed by atoms with Gasteiger partial charge in [0.25, 0.3) is 0 Å². The number of aromatic amines is 1. The minimum absolute atomic E-state index is 0.110. The minimum Gasteiger partial charge on any atom is -0.325 e. The Labute approximate surface area is 133 Å². The first-order valence-electron chi connectivity index (χ1n) is 7.07. The summed E-state index contributed by atoms with van der Waals surface area (Å²) < 4.78 is 42.4. The van der Waals surface area contributed by atoms with E-state index in [1.807, 2.05) is 0 Å². The second kappa shape index (κ2) is 5.48. The summed E-state index contributed by atoms with van der Waals surface area (Å²) in [6, 6.07) is 4.98. The smallest absolute Gasteiger partial charge is 0.169 e. The van der Waals surface area contributed by atoms with Crippen LogP contribution in [-0.4, -0.2) is 24.5 Å². The van der Waals surface area contributed by atoms with Gasteiger partial charge in [0.1, 0.15) is 23.0 Å². The SMILES string of the molecule is Fc1cc(F)c(F)c(-c2nccn2Cc2nc3cccnc3[nH]2)c1. The molecule has 0 saturated heterocycles. The molecule has 120 valence electrons. The van der Waals surface area contributed by atoms with Crippen molar-refractivity contribution >= 4 is 11.2 Å². The lowest BCUT2D eigenvalue weighted by Crippen LogP contribution is -2.04. The fraction of sp³-hybridized carbons (Fsp3) is 0.0625. The molecule has 0 unspecified atom stereocenters. The van der Waals surface area contributed by atoms with Crippen molar-refractivity contribution in [3.05, 3.63) is 66.1 Å². The molecule has 1 aromatic carbocycles. The Morgan fingerprint density at radius 3 is 2.79 bits per heavy atom. The summed E-state index contributed by atoms with van der Waals surface area (Å²) in [4.78, 5) is 15.6. The zero-order valence-corrected chi connectivity index (χ0v) is 12.2. The number of hydrogen-bond acceptors (Lipinski definition) is 3. The zero-order chi connectivity index (χ0) is 16.7. The maximum atomic E-state index is 14.0. The van der Waals surface area contributed by atoms with E-state index in [1.165, 1.54) is 6.20 Å². The van der Waals surface area contributed by atoms with Crippen molar-refractivity contribution in [2.45, 2.75) is 6.54 Å². The van der Waals surface area contributed by atoms with Gasteiger partial charge in [0, 0.05) is 24.7 Å². The van der Waals surface area contributed by atoms with Gasteiger partial charge in [0.05, 0.1) is 12.1 Å². The van der Waals surface area contributed by atoms with Gasteiger partial charge in [-0.25, -0.2) is 28.1 Å². The third kappa shape index (κ3) is 2.41. The Hall–Kier alpha value is -3.16. The maximum Gasteiger partial charge on any atom is 0.169 e. The molecule has 0 saturated carbocycles. The van der Waals surface area contributed by atoms with E-state index in [0.717, 1.165) is 6.07 Å². The van der Waals surface area contributed by atoms with Crippen molar-refractivity contribution in [3.8, 4) is 11.4 Å². The molecule has 1 N–H and O–H groups in total. The summed E-state index contributed by atoms with van der Waals surface area (Å²) in [5.41, 5.74) is 1.07. The van der Waals surface area contributed by atoms with Crippen LogP contribution in [0, 0.1) is 17.5 Å². The monoisotopic (exact) mass is 329 g/mol. The van der Waals surface area contributed by atoms with Crippen molar-refractivity contribution in [2.75, 3.05) is 0 Å². The molecule has 0 amide bonds. The normalized spacial score (nSPS) is 11.3. The Bertz CT molecular complexity index is 1000. The van der Waals surface area contributed by atoms with Gasteiger partial charge in [0.2, 0.25) is 0 Å². The number of pyridine rings is 1. The van der Waals surface area contributed by atoms with Gasteiger partial charge in [-0.05, 0) is 18.2 Å². The number of aromatic nitrogens is 5. The predicted octanol–water partition coefficient (Wildman–Crippen LogP) is 3.29. The molecule has 8 heteroatoms. The molecule has 0 fully saturated rings. The molecule has 0 aliphatic heterocycles. The molecule has 0 atom stereocenters. The zero-order valence-electron chi connectivity index (χ0n) is 12.2. The first kappa shape index (κ1) is 14.4. The van der Waals surface area contributed by atoms with E-state index >= 15 is 0 Å². The number of hydrogen-bond donors (Lipinski definition) is 1. The molecule has 3 aromatic heterocycles. The van der Waals surface area contributed by atoms with Crippen molar-refractivity contribution in [1.82, 2.24) is 24.5 Å². The first-order chi connectivity index (χ1) is 11.6. The molecule has 24 heavy (non-hydrogen) atoms. The van der Waals surface area contributed by atoms with Gasteiger partial charge < -0.3 is 9.55 Å². The molecule has 3 heterocycles. The van der Waals surface area contributed by atoms with Crippen LogP contribution in [0.3, 0.4) is 0 Å². The quantitative estimate of drug-likeness (QED) is 0.587. The summed E-state index contributed by atoms with van der Waals surface area (Å²) in [7, 11) is 0. The molecule has 0 radical (unpaired) electrons. The van der Waals surface area contributed by atoms with Crippen LogP contribution in [0.1, 0.15) is 5.82 Å². The molecule has 0 spiro atoms. The summed E-state index contributed by atoms with van der Waals surface area (Å²) in [5.74, 6) is -2.59. The van der Waals surface area contributed by atoms with Crippen molar-refractivity contribution < 1.29 is 13.2 Å². The second-order valence-corrected chi connectivity index (χ2v) is 5.18. The van der Waals surface area contributed by atoms with Crippen LogP contribution in [0.5, 0.6) is 0 Å². The lowest BCUT2D eigenvalue weighted by molar-refractivity contribution is 0.496. The van der Waals surface area contributed by atoms with E-state index in [0.29, 0.717) is 23.1 Å². The van der Waals surface area contributed by atoms with Crippen LogP contribution in [0.15, 0.2) is 42.9 Å². The van der Waals surface area contributed by atoms with Crippen molar-refractivity contribution in [1.29, 1.82) is 0 Å². The molecular formula is C16H10F3N5. The van der Waals surface area contributed by atoms with E-state index in [2.05, 4.69) is 19.9 Å². The van der Waals surface area contributed by atoms with E-state index in [4.69, 9.17) is 0 Å². The third-order valence-electron chi connectivity index (χ3n) is 3.57. The Morgan fingerprint density at radius 2 is 1.96 bits per heavy atom. The highest BCUT2D eigenvalue weighted by atomic mass is 19.2. The standard InChI is InChI=1S/C16H10F3N5/c17-9-6-10(14(19)11(18)7-9)16-21-4-5-24(16)8-13-22-12-2-1-3-20-15(12)23-13/h1-7H,8H2,(H,20,22,23). The van der Waals surface area contributed by atoms with Gasteiger partial charge in [-0.2, -0.15) is 0 Å². The molecule has 0 bridgehead atoms. The molecule has 4 rings (SSSR count). The van der Waals surface area contributed by atoms with E-state index < -0.39 is 17.5 Å². The van der Waals surface area contributed by atoms with Crippen LogP contribution >= 0.6 is 0 Å². The van der Waals surface area contributed by atoms with Gasteiger partial charge in [-0.1, -0.05) is 0 Å². The Balaban J connectivity index is 1.75. The average molecular weight is 329 g/mol. The highest BCUT2D eigenvalue weighted by Crippen LogP contribution is 2.25. The second-order valence-electron chi connectivity index (χ2n) is 5.18. The molecule has 5 nitrogen and oxygen atoms in total. The maximum absolute atomic E-state index is 14.0. The summed E-state index contributed by atoms with van der Waals surface area (Å²) in [5, 5.41) is 0. The number of rotatable bonds is 3. The summed E-state index contributed by atoms with van der Waals surface area (Å²) >= 11 is 0. The highest BCUT2D eigenvalue weighted by molar-refractivity contribution is 5.69. The Kier molecular flexibility index (Phi) is 3.30. The molecule has 4 aromatic rings. The van der Waals surface area contributed by atoms with Crippen LogP contribution in [-0.2, 0) is 6.54 Å². The average Bonchev–Trinajstić information content (AvgIpc) is 3.17. The number of H-pyrrole nitrogens is 1. The fourth-order valence-electron chi connectivity index (χ4n) is 2.53. The Morgan fingerprint density at radius 1 is 1.08 bits per heavy atom. The van der Waals surface area contributed by atoms with Crippen LogP contribution in [0.2, 0.25) is 0 Å². The number of nitrogens with one attached hydrogen (secondary N) is 1. The van der Waals surface area contributed by atoms with E-state index in [9.17, 15) is 13.2 Å². The first-order valence-corrected chi connectivity index (χ1v) is 7.07. The van der Waals surface area contributed by atoms with Crippen LogP contribution in [0.4, 0.5) is 13.2 Å². The number of nitrogens with zero attached hydrogens (tertiary/aromatic N) is 4. The molecular weight excluding hydrogens is 319 g/mol. The van der Waals surface area contributed by atoms with Crippen LogP contribution in [0.25, 0.3) is 22.6 Å². The topological polar surface area (TPSA) is 59.4 Å². The van der Waals surface area contributed by atoms with Crippen molar-refractivity contribution in [3.63, 3.8) is 0 Å². The van der Waals surface area contributed by atoms with Gasteiger partial charge in [0.15, 0.2) is 17.3 Å².